The van der Waals surface area contributed by atoms with E-state index in [4.69, 9.17) is 4.74 Å². The minimum absolute atomic E-state index is 0.0468. The fourth-order valence-electron chi connectivity index (χ4n) is 3.38. The van der Waals surface area contributed by atoms with E-state index in [9.17, 15) is 4.79 Å². The number of carbonyl (C=O) groups excluding carboxylic acids is 1. The summed E-state index contributed by atoms with van der Waals surface area (Å²) in [7, 11) is 5.65. The number of fused-ring (bicyclic) bond motifs is 1. The van der Waals surface area contributed by atoms with Crippen LogP contribution >= 0.6 is 0 Å². The Hall–Kier alpha value is -2.93. The molecule has 29 heavy (non-hydrogen) atoms. The summed E-state index contributed by atoms with van der Waals surface area (Å²) < 4.78 is 7.10. The van der Waals surface area contributed by atoms with Crippen molar-refractivity contribution in [3.63, 3.8) is 0 Å². The molecule has 1 atom stereocenters. The molecule has 0 radical (unpaired) electrons. The Morgan fingerprint density at radius 1 is 1.24 bits per heavy atom. The average Bonchev–Trinajstić information content (AvgIpc) is 3.10. The molecule has 0 spiro atoms. The first-order valence-electron chi connectivity index (χ1n) is 9.75. The number of amides is 1. The maximum atomic E-state index is 12.9. The van der Waals surface area contributed by atoms with Crippen LogP contribution in [-0.4, -0.2) is 53.3 Å². The van der Waals surface area contributed by atoms with Crippen LogP contribution in [0.2, 0.25) is 0 Å². The van der Waals surface area contributed by atoms with Crippen LogP contribution < -0.4 is 10.1 Å². The average molecular weight is 396 g/mol. The summed E-state index contributed by atoms with van der Waals surface area (Å²) in [5.41, 5.74) is 3.19. The molecule has 1 unspecified atom stereocenters. The van der Waals surface area contributed by atoms with E-state index in [0.29, 0.717) is 17.8 Å². The third-order valence-corrected chi connectivity index (χ3v) is 5.07. The molecule has 0 aliphatic carbocycles. The summed E-state index contributed by atoms with van der Waals surface area (Å²) in [6.07, 6.45) is 1.76. The smallest absolute Gasteiger partial charge is 0.253 e. The normalized spacial score (nSPS) is 12.6. The van der Waals surface area contributed by atoms with E-state index in [1.54, 1.807) is 13.3 Å². The molecule has 1 aromatic carbocycles. The molecule has 1 amide bonds. The number of hydrogen-bond donors (Lipinski definition) is 1. The predicted octanol–water partition coefficient (Wildman–Crippen LogP) is 3.36. The van der Waals surface area contributed by atoms with Gasteiger partial charge >= 0.3 is 0 Å². The predicted molar refractivity (Wildman–Crippen MR) is 114 cm³/mol. The molecule has 0 aliphatic rings. The maximum Gasteiger partial charge on any atom is 0.253 e. The molecule has 1 N–H and O–H groups in total. The SMILES string of the molecule is COc1ccc(C(CNC(=O)c2cc3cnn(C(C)C)c3nc2C)N(C)C)cc1. The van der Waals surface area contributed by atoms with E-state index >= 15 is 0 Å². The van der Waals surface area contributed by atoms with Gasteiger partial charge in [-0.3, -0.25) is 4.79 Å². The second kappa shape index (κ2) is 8.61. The first-order valence-corrected chi connectivity index (χ1v) is 9.75. The summed E-state index contributed by atoms with van der Waals surface area (Å²) in [5.74, 6) is 0.682. The van der Waals surface area contributed by atoms with Crippen molar-refractivity contribution in [2.24, 2.45) is 0 Å². The van der Waals surface area contributed by atoms with E-state index < -0.39 is 0 Å². The number of likely N-dealkylation sites (N-methyl/N-ethyl adjacent to an activating group) is 1. The van der Waals surface area contributed by atoms with Crippen LogP contribution in [0.5, 0.6) is 5.75 Å². The molecule has 0 fully saturated rings. The Morgan fingerprint density at radius 2 is 1.93 bits per heavy atom. The highest BCUT2D eigenvalue weighted by atomic mass is 16.5. The Labute approximate surface area is 171 Å². The van der Waals surface area contributed by atoms with Crippen LogP contribution in [0.3, 0.4) is 0 Å². The molecular formula is C22H29N5O2. The van der Waals surface area contributed by atoms with Crippen molar-refractivity contribution in [2.45, 2.75) is 32.9 Å². The van der Waals surface area contributed by atoms with Crippen molar-refractivity contribution in [3.05, 3.63) is 53.3 Å². The zero-order valence-corrected chi connectivity index (χ0v) is 17.9. The van der Waals surface area contributed by atoms with Crippen LogP contribution in [0.1, 0.15) is 47.5 Å². The van der Waals surface area contributed by atoms with Crippen molar-refractivity contribution in [1.29, 1.82) is 0 Å². The summed E-state index contributed by atoms with van der Waals surface area (Å²) in [5, 5.41) is 8.33. The number of pyridine rings is 1. The van der Waals surface area contributed by atoms with Crippen molar-refractivity contribution < 1.29 is 9.53 Å². The van der Waals surface area contributed by atoms with Gasteiger partial charge in [0.1, 0.15) is 5.75 Å². The van der Waals surface area contributed by atoms with Gasteiger partial charge in [0.25, 0.3) is 5.91 Å². The molecule has 0 saturated heterocycles. The van der Waals surface area contributed by atoms with E-state index in [0.717, 1.165) is 22.3 Å². The van der Waals surface area contributed by atoms with Crippen molar-refractivity contribution in [2.75, 3.05) is 27.7 Å². The minimum atomic E-state index is -0.130. The molecular weight excluding hydrogens is 366 g/mol. The van der Waals surface area contributed by atoms with Crippen LogP contribution in [0.15, 0.2) is 36.5 Å². The first kappa shape index (κ1) is 20.8. The standard InChI is InChI=1S/C22H29N5O2/c1-14(2)27-21-17(12-24-27)11-19(15(3)25-21)22(28)23-13-20(26(4)5)16-7-9-18(29-6)10-8-16/h7-12,14,20H,13H2,1-6H3,(H,23,28). The van der Waals surface area contributed by atoms with Gasteiger partial charge in [0, 0.05) is 18.0 Å². The fourth-order valence-corrected chi connectivity index (χ4v) is 3.38. The van der Waals surface area contributed by atoms with Gasteiger partial charge in [-0.25, -0.2) is 9.67 Å². The lowest BCUT2D eigenvalue weighted by Crippen LogP contribution is -2.35. The number of methoxy groups -OCH3 is 1. The number of ether oxygens (including phenoxy) is 1. The lowest BCUT2D eigenvalue weighted by atomic mass is 10.1. The van der Waals surface area contributed by atoms with Crippen LogP contribution in [0.25, 0.3) is 11.0 Å². The van der Waals surface area contributed by atoms with E-state index in [1.807, 2.05) is 56.0 Å². The first-order chi connectivity index (χ1) is 13.8. The monoisotopic (exact) mass is 395 g/mol. The molecule has 2 heterocycles. The molecule has 0 saturated carbocycles. The number of hydrogen-bond acceptors (Lipinski definition) is 5. The van der Waals surface area contributed by atoms with Gasteiger partial charge in [-0.15, -0.1) is 0 Å². The van der Waals surface area contributed by atoms with Crippen LogP contribution in [-0.2, 0) is 0 Å². The van der Waals surface area contributed by atoms with Crippen LogP contribution in [0.4, 0.5) is 0 Å². The lowest BCUT2D eigenvalue weighted by molar-refractivity contribution is 0.0941. The molecule has 7 nitrogen and oxygen atoms in total. The third kappa shape index (κ3) is 4.40. The molecule has 2 aromatic heterocycles. The number of rotatable bonds is 7. The molecule has 0 aliphatic heterocycles. The van der Waals surface area contributed by atoms with Crippen molar-refractivity contribution in [1.82, 2.24) is 25.0 Å². The van der Waals surface area contributed by atoms with Crippen molar-refractivity contribution >= 4 is 16.9 Å². The second-order valence-electron chi connectivity index (χ2n) is 7.68. The quantitative estimate of drug-likeness (QED) is 0.664. The van der Waals surface area contributed by atoms with E-state index in [1.165, 1.54) is 0 Å². The molecule has 3 aromatic rings. The Kier molecular flexibility index (Phi) is 6.17. The third-order valence-electron chi connectivity index (χ3n) is 5.07. The van der Waals surface area contributed by atoms with Gasteiger partial charge in [-0.05, 0) is 58.6 Å². The number of aryl methyl sites for hydroxylation is 1. The zero-order chi connectivity index (χ0) is 21.1. The molecule has 3 rings (SSSR count). The van der Waals surface area contributed by atoms with Gasteiger partial charge in [0.15, 0.2) is 5.65 Å². The maximum absolute atomic E-state index is 12.9. The van der Waals surface area contributed by atoms with E-state index in [-0.39, 0.29) is 18.0 Å². The minimum Gasteiger partial charge on any atom is -0.497 e. The number of nitrogens with zero attached hydrogens (tertiary/aromatic N) is 4. The van der Waals surface area contributed by atoms with Gasteiger partial charge < -0.3 is 15.0 Å². The Bertz CT molecular complexity index is 992. The Balaban J connectivity index is 1.78. The molecule has 154 valence electrons. The lowest BCUT2D eigenvalue weighted by Gasteiger charge is -2.25. The van der Waals surface area contributed by atoms with Gasteiger partial charge in [-0.2, -0.15) is 5.10 Å². The summed E-state index contributed by atoms with van der Waals surface area (Å²) in [4.78, 5) is 19.6. The number of nitrogens with one attached hydrogen (secondary N) is 1. The van der Waals surface area contributed by atoms with Gasteiger partial charge in [-0.1, -0.05) is 12.1 Å². The summed E-state index contributed by atoms with van der Waals surface area (Å²) in [6, 6.07) is 10.0. The Morgan fingerprint density at radius 3 is 2.52 bits per heavy atom. The number of carbonyl (C=O) groups is 1. The highest BCUT2D eigenvalue weighted by Gasteiger charge is 2.19. The summed E-state index contributed by atoms with van der Waals surface area (Å²) >= 11 is 0. The van der Waals surface area contributed by atoms with Gasteiger partial charge in [0.05, 0.1) is 30.6 Å². The van der Waals surface area contributed by atoms with Crippen molar-refractivity contribution in [3.8, 4) is 5.75 Å². The number of benzene rings is 1. The van der Waals surface area contributed by atoms with Crippen LogP contribution in [0, 0.1) is 6.92 Å². The van der Waals surface area contributed by atoms with Gasteiger partial charge in [0.2, 0.25) is 0 Å². The molecule has 7 heteroatoms. The second-order valence-corrected chi connectivity index (χ2v) is 7.68. The largest absolute Gasteiger partial charge is 0.497 e. The number of aromatic nitrogens is 3. The fraction of sp³-hybridized carbons (Fsp3) is 0.409. The molecule has 0 bridgehead atoms. The topological polar surface area (TPSA) is 72.3 Å². The highest BCUT2D eigenvalue weighted by molar-refractivity contribution is 5.98. The zero-order valence-electron chi connectivity index (χ0n) is 17.9. The summed E-state index contributed by atoms with van der Waals surface area (Å²) in [6.45, 7) is 6.47. The highest BCUT2D eigenvalue weighted by Crippen LogP contribution is 2.22. The van der Waals surface area contributed by atoms with E-state index in [2.05, 4.69) is 34.1 Å².